The Morgan fingerprint density at radius 3 is 2.95 bits per heavy atom. The number of nitrogens with zero attached hydrogens (tertiary/aromatic N) is 2. The molecule has 3 aromatic rings. The largest absolute Gasteiger partial charge is 0.484 e. The quantitative estimate of drug-likeness (QED) is 0.722. The number of furan rings is 1. The summed E-state index contributed by atoms with van der Waals surface area (Å²) in [6.45, 7) is 0.178. The van der Waals surface area contributed by atoms with Gasteiger partial charge in [-0.1, -0.05) is 11.2 Å². The van der Waals surface area contributed by atoms with Crippen LogP contribution in [0, 0.1) is 0 Å². The van der Waals surface area contributed by atoms with Crippen LogP contribution in [0.3, 0.4) is 0 Å². The number of anilines is 1. The van der Waals surface area contributed by atoms with Gasteiger partial charge in [-0.05, 0) is 24.3 Å². The van der Waals surface area contributed by atoms with E-state index in [1.807, 2.05) is 6.07 Å². The van der Waals surface area contributed by atoms with E-state index in [-0.39, 0.29) is 6.61 Å². The number of nitrogen functional groups attached to an aromatic ring is 1. The molecular weight excluding hydrogens is 246 g/mol. The van der Waals surface area contributed by atoms with Crippen LogP contribution in [0.2, 0.25) is 0 Å². The Kier molecular flexibility index (Phi) is 2.89. The van der Waals surface area contributed by atoms with Gasteiger partial charge in [0.15, 0.2) is 12.4 Å². The average Bonchev–Trinajstić information content (AvgIpc) is 3.07. The zero-order chi connectivity index (χ0) is 13.1. The Hall–Kier alpha value is -2.76. The van der Waals surface area contributed by atoms with Crippen molar-refractivity contribution in [2.24, 2.45) is 0 Å². The highest BCUT2D eigenvalue weighted by atomic mass is 16.5. The molecular formula is C13H11N3O3. The second kappa shape index (κ2) is 4.85. The molecule has 0 amide bonds. The van der Waals surface area contributed by atoms with E-state index < -0.39 is 0 Å². The molecule has 2 aromatic heterocycles. The van der Waals surface area contributed by atoms with Crippen LogP contribution in [0.25, 0.3) is 11.6 Å². The normalized spacial score (nSPS) is 10.5. The fourth-order valence-electron chi connectivity index (χ4n) is 1.57. The molecule has 6 nitrogen and oxygen atoms in total. The van der Waals surface area contributed by atoms with Crippen molar-refractivity contribution in [2.45, 2.75) is 6.61 Å². The highest BCUT2D eigenvalue weighted by Gasteiger charge is 2.11. The summed E-state index contributed by atoms with van der Waals surface area (Å²) in [5.41, 5.74) is 6.29. The fourth-order valence-corrected chi connectivity index (χ4v) is 1.57. The summed E-state index contributed by atoms with van der Waals surface area (Å²) >= 11 is 0. The molecule has 0 fully saturated rings. The molecule has 2 heterocycles. The summed E-state index contributed by atoms with van der Waals surface area (Å²) in [6, 6.07) is 10.6. The molecule has 0 aliphatic heterocycles. The van der Waals surface area contributed by atoms with E-state index in [1.54, 1.807) is 36.6 Å². The third kappa shape index (κ3) is 2.57. The van der Waals surface area contributed by atoms with Gasteiger partial charge in [0, 0.05) is 11.8 Å². The van der Waals surface area contributed by atoms with Gasteiger partial charge in [-0.15, -0.1) is 0 Å². The van der Waals surface area contributed by atoms with Crippen molar-refractivity contribution in [3.63, 3.8) is 0 Å². The smallest absolute Gasteiger partial charge is 0.264 e. The van der Waals surface area contributed by atoms with Gasteiger partial charge in [0.2, 0.25) is 5.82 Å². The van der Waals surface area contributed by atoms with Crippen LogP contribution in [0.4, 0.5) is 5.69 Å². The predicted molar refractivity (Wildman–Crippen MR) is 67.2 cm³/mol. The van der Waals surface area contributed by atoms with Crippen LogP contribution in [-0.4, -0.2) is 10.1 Å². The molecule has 1 aromatic carbocycles. The third-order valence-corrected chi connectivity index (χ3v) is 2.43. The van der Waals surface area contributed by atoms with E-state index in [9.17, 15) is 0 Å². The van der Waals surface area contributed by atoms with E-state index in [2.05, 4.69) is 10.1 Å². The molecule has 6 heteroatoms. The second-order valence-corrected chi connectivity index (χ2v) is 3.85. The first-order valence-electron chi connectivity index (χ1n) is 5.66. The number of ether oxygens (including phenoxy) is 1. The number of benzene rings is 1. The van der Waals surface area contributed by atoms with Crippen molar-refractivity contribution in [1.82, 2.24) is 10.1 Å². The minimum atomic E-state index is 0.178. The van der Waals surface area contributed by atoms with Gasteiger partial charge in [0.25, 0.3) is 5.89 Å². The summed E-state index contributed by atoms with van der Waals surface area (Å²) in [4.78, 5) is 4.16. The lowest BCUT2D eigenvalue weighted by atomic mass is 10.3. The zero-order valence-corrected chi connectivity index (χ0v) is 9.95. The summed E-state index contributed by atoms with van der Waals surface area (Å²) in [7, 11) is 0. The van der Waals surface area contributed by atoms with Gasteiger partial charge in [-0.25, -0.2) is 0 Å². The molecule has 0 atom stereocenters. The van der Waals surface area contributed by atoms with E-state index in [0.29, 0.717) is 28.9 Å². The van der Waals surface area contributed by atoms with E-state index in [0.717, 1.165) is 0 Å². The van der Waals surface area contributed by atoms with Crippen LogP contribution in [0.1, 0.15) is 5.89 Å². The van der Waals surface area contributed by atoms with Crippen LogP contribution in [-0.2, 0) is 6.61 Å². The van der Waals surface area contributed by atoms with Gasteiger partial charge < -0.3 is 19.4 Å². The number of hydrogen-bond donors (Lipinski definition) is 1. The average molecular weight is 257 g/mol. The molecule has 0 bridgehead atoms. The SMILES string of the molecule is Nc1cccc(OCc2nc(-c3ccco3)no2)c1. The number of rotatable bonds is 4. The predicted octanol–water partition coefficient (Wildman–Crippen LogP) is 2.49. The highest BCUT2D eigenvalue weighted by molar-refractivity contribution is 5.45. The minimum Gasteiger partial charge on any atom is -0.484 e. The molecule has 19 heavy (non-hydrogen) atoms. The summed E-state index contributed by atoms with van der Waals surface area (Å²) in [5.74, 6) is 1.97. The fraction of sp³-hybridized carbons (Fsp3) is 0.0769. The summed E-state index contributed by atoms with van der Waals surface area (Å²) < 4.78 is 15.7. The van der Waals surface area contributed by atoms with Crippen molar-refractivity contribution < 1.29 is 13.7 Å². The minimum absolute atomic E-state index is 0.178. The molecule has 0 unspecified atom stereocenters. The molecule has 0 aliphatic carbocycles. The Morgan fingerprint density at radius 2 is 2.16 bits per heavy atom. The third-order valence-electron chi connectivity index (χ3n) is 2.43. The van der Waals surface area contributed by atoms with Gasteiger partial charge >= 0.3 is 0 Å². The highest BCUT2D eigenvalue weighted by Crippen LogP contribution is 2.18. The van der Waals surface area contributed by atoms with Crippen LogP contribution < -0.4 is 10.5 Å². The maximum absolute atomic E-state index is 5.65. The first-order valence-corrected chi connectivity index (χ1v) is 5.66. The van der Waals surface area contributed by atoms with Crippen molar-refractivity contribution in [3.05, 3.63) is 48.6 Å². The maximum atomic E-state index is 5.65. The molecule has 0 saturated heterocycles. The number of aromatic nitrogens is 2. The monoisotopic (exact) mass is 257 g/mol. The van der Waals surface area contributed by atoms with Gasteiger partial charge in [0.1, 0.15) is 5.75 Å². The maximum Gasteiger partial charge on any atom is 0.264 e. The Labute approximate surface area is 108 Å². The van der Waals surface area contributed by atoms with E-state index in [4.69, 9.17) is 19.4 Å². The van der Waals surface area contributed by atoms with Crippen LogP contribution in [0.15, 0.2) is 51.6 Å². The van der Waals surface area contributed by atoms with Crippen molar-refractivity contribution in [2.75, 3.05) is 5.73 Å². The standard InChI is InChI=1S/C13H11N3O3/c14-9-3-1-4-10(7-9)18-8-12-15-13(16-19-12)11-5-2-6-17-11/h1-7H,8,14H2. The zero-order valence-electron chi connectivity index (χ0n) is 9.95. The lowest BCUT2D eigenvalue weighted by molar-refractivity contribution is 0.243. The lowest BCUT2D eigenvalue weighted by Crippen LogP contribution is -1.96. The Morgan fingerprint density at radius 1 is 1.21 bits per heavy atom. The molecule has 3 rings (SSSR count). The number of hydrogen-bond acceptors (Lipinski definition) is 6. The van der Waals surface area contributed by atoms with E-state index in [1.165, 1.54) is 0 Å². The van der Waals surface area contributed by atoms with Crippen molar-refractivity contribution >= 4 is 5.69 Å². The molecule has 0 saturated carbocycles. The molecule has 0 spiro atoms. The van der Waals surface area contributed by atoms with Crippen molar-refractivity contribution in [1.29, 1.82) is 0 Å². The Bertz CT molecular complexity index is 661. The van der Waals surface area contributed by atoms with Crippen LogP contribution >= 0.6 is 0 Å². The molecule has 0 aliphatic rings. The topological polar surface area (TPSA) is 87.3 Å². The first-order chi connectivity index (χ1) is 9.31. The van der Waals surface area contributed by atoms with E-state index >= 15 is 0 Å². The first kappa shape index (κ1) is 11.3. The lowest BCUT2D eigenvalue weighted by Gasteiger charge is -2.02. The molecule has 0 radical (unpaired) electrons. The summed E-state index contributed by atoms with van der Waals surface area (Å²) in [6.07, 6.45) is 1.55. The van der Waals surface area contributed by atoms with Gasteiger partial charge in [-0.3, -0.25) is 0 Å². The van der Waals surface area contributed by atoms with Gasteiger partial charge in [-0.2, -0.15) is 4.98 Å². The van der Waals surface area contributed by atoms with Crippen LogP contribution in [0.5, 0.6) is 5.75 Å². The van der Waals surface area contributed by atoms with Gasteiger partial charge in [0.05, 0.1) is 6.26 Å². The molecule has 96 valence electrons. The van der Waals surface area contributed by atoms with Crippen molar-refractivity contribution in [3.8, 4) is 17.3 Å². The number of nitrogens with two attached hydrogens (primary N) is 1. The second-order valence-electron chi connectivity index (χ2n) is 3.85. The summed E-state index contributed by atoms with van der Waals surface area (Å²) in [5, 5.41) is 3.80. The Balaban J connectivity index is 1.68. The molecule has 2 N–H and O–H groups in total.